The first-order valence-corrected chi connectivity index (χ1v) is 5.70. The lowest BCUT2D eigenvalue weighted by molar-refractivity contribution is -0.137. The average molecular weight is 247 g/mol. The molecule has 0 amide bonds. The van der Waals surface area contributed by atoms with Gasteiger partial charge in [0.15, 0.2) is 0 Å². The second-order valence-electron chi connectivity index (χ2n) is 3.92. The molecule has 1 rings (SSSR count). The number of hydrogen-bond donors (Lipinski definition) is 2. The lowest BCUT2D eigenvalue weighted by Crippen LogP contribution is -2.26. The number of hydrogen-bond acceptors (Lipinski definition) is 3. The summed E-state index contributed by atoms with van der Waals surface area (Å²) >= 11 is 0. The van der Waals surface area contributed by atoms with Gasteiger partial charge in [0.05, 0.1) is 6.42 Å². The average Bonchev–Trinajstić information content (AvgIpc) is 2.30. The monoisotopic (exact) mass is 247 g/mol. The summed E-state index contributed by atoms with van der Waals surface area (Å²) in [5.41, 5.74) is 6.71. The Hall–Kier alpha value is -1.99. The minimum absolute atomic E-state index is 0.0235. The first-order chi connectivity index (χ1) is 8.61. The van der Waals surface area contributed by atoms with Crippen LogP contribution in [-0.2, 0) is 11.2 Å². The van der Waals surface area contributed by atoms with E-state index in [9.17, 15) is 4.79 Å². The number of aliphatic carboxylic acids is 1. The normalized spacial score (nSPS) is 11.2. The lowest BCUT2D eigenvalue weighted by Gasteiger charge is -2.09. The quantitative estimate of drug-likeness (QED) is 0.746. The number of nitrogens with two attached hydrogens (primary N) is 1. The van der Waals surface area contributed by atoms with Crippen molar-refractivity contribution in [2.75, 3.05) is 6.61 Å². The highest BCUT2D eigenvalue weighted by molar-refractivity contribution is 5.67. The molecule has 1 aromatic rings. The largest absolute Gasteiger partial charge is 0.481 e. The Labute approximate surface area is 107 Å². The zero-order valence-corrected chi connectivity index (χ0v) is 10.3. The van der Waals surface area contributed by atoms with E-state index in [-0.39, 0.29) is 12.5 Å². The number of carbonyl (C=O) groups is 1. The topological polar surface area (TPSA) is 72.5 Å². The molecule has 0 heterocycles. The highest BCUT2D eigenvalue weighted by Gasteiger charge is 2.08. The summed E-state index contributed by atoms with van der Waals surface area (Å²) in [6.07, 6.45) is 0.520. The van der Waals surface area contributed by atoms with Gasteiger partial charge in [0.25, 0.3) is 0 Å². The van der Waals surface area contributed by atoms with Gasteiger partial charge < -0.3 is 15.6 Å². The molecule has 0 aromatic heterocycles. The van der Waals surface area contributed by atoms with Crippen LogP contribution in [0.4, 0.5) is 0 Å². The van der Waals surface area contributed by atoms with Gasteiger partial charge in [-0.15, -0.1) is 5.92 Å². The molecule has 0 saturated heterocycles. The van der Waals surface area contributed by atoms with Gasteiger partial charge in [0.1, 0.15) is 12.4 Å². The van der Waals surface area contributed by atoms with Gasteiger partial charge in [-0.2, -0.15) is 0 Å². The molecule has 1 aromatic carbocycles. The molecule has 96 valence electrons. The van der Waals surface area contributed by atoms with Crippen LogP contribution in [0, 0.1) is 11.8 Å². The Balaban J connectivity index is 2.48. The van der Waals surface area contributed by atoms with Crippen LogP contribution in [0.3, 0.4) is 0 Å². The van der Waals surface area contributed by atoms with Gasteiger partial charge in [-0.05, 0) is 31.0 Å². The SMILES string of the molecule is CC#CCOc1ccc(CC(N)CC(=O)O)cc1. The van der Waals surface area contributed by atoms with Gasteiger partial charge in [0.2, 0.25) is 0 Å². The number of benzene rings is 1. The van der Waals surface area contributed by atoms with Crippen molar-refractivity contribution >= 4 is 5.97 Å². The number of carboxylic acids is 1. The van der Waals surface area contributed by atoms with Crippen LogP contribution in [-0.4, -0.2) is 23.7 Å². The highest BCUT2D eigenvalue weighted by Crippen LogP contribution is 2.13. The fraction of sp³-hybridized carbons (Fsp3) is 0.357. The van der Waals surface area contributed by atoms with E-state index < -0.39 is 5.97 Å². The van der Waals surface area contributed by atoms with E-state index in [4.69, 9.17) is 15.6 Å². The molecule has 4 nitrogen and oxygen atoms in total. The molecule has 0 fully saturated rings. The van der Waals surface area contributed by atoms with E-state index in [0.29, 0.717) is 13.0 Å². The van der Waals surface area contributed by atoms with Crippen molar-refractivity contribution in [2.45, 2.75) is 25.8 Å². The van der Waals surface area contributed by atoms with Gasteiger partial charge in [-0.3, -0.25) is 4.79 Å². The van der Waals surface area contributed by atoms with Crippen LogP contribution >= 0.6 is 0 Å². The predicted molar refractivity (Wildman–Crippen MR) is 69.3 cm³/mol. The molecule has 3 N–H and O–H groups in total. The highest BCUT2D eigenvalue weighted by atomic mass is 16.5. The Morgan fingerprint density at radius 1 is 1.44 bits per heavy atom. The molecule has 18 heavy (non-hydrogen) atoms. The number of ether oxygens (including phenoxy) is 1. The van der Waals surface area contributed by atoms with Crippen molar-refractivity contribution in [3.63, 3.8) is 0 Å². The summed E-state index contributed by atoms with van der Waals surface area (Å²) in [5, 5.41) is 8.61. The minimum atomic E-state index is -0.874. The van der Waals surface area contributed by atoms with Gasteiger partial charge in [-0.25, -0.2) is 0 Å². The van der Waals surface area contributed by atoms with Crippen LogP contribution in [0.1, 0.15) is 18.9 Å². The third-order valence-electron chi connectivity index (χ3n) is 2.35. The number of rotatable bonds is 6. The molecule has 0 aliphatic carbocycles. The standard InChI is InChI=1S/C14H17NO3/c1-2-3-8-18-13-6-4-11(5-7-13)9-12(15)10-14(16)17/h4-7,12H,8-10,15H2,1H3,(H,16,17). The van der Waals surface area contributed by atoms with Crippen molar-refractivity contribution in [3.8, 4) is 17.6 Å². The van der Waals surface area contributed by atoms with Crippen LogP contribution in [0.5, 0.6) is 5.75 Å². The lowest BCUT2D eigenvalue weighted by atomic mass is 10.0. The number of carboxylic acid groups (broad SMARTS) is 1. The molecule has 4 heteroatoms. The maximum atomic E-state index is 10.5. The molecule has 0 aliphatic rings. The smallest absolute Gasteiger partial charge is 0.304 e. The second-order valence-corrected chi connectivity index (χ2v) is 3.92. The molecule has 1 atom stereocenters. The molecule has 0 spiro atoms. The second kappa shape index (κ2) is 7.36. The molecule has 0 bridgehead atoms. The Morgan fingerprint density at radius 3 is 2.67 bits per heavy atom. The maximum Gasteiger partial charge on any atom is 0.304 e. The fourth-order valence-corrected chi connectivity index (χ4v) is 1.51. The zero-order valence-electron chi connectivity index (χ0n) is 10.3. The molecular weight excluding hydrogens is 230 g/mol. The van der Waals surface area contributed by atoms with E-state index in [0.717, 1.165) is 11.3 Å². The van der Waals surface area contributed by atoms with Crippen LogP contribution < -0.4 is 10.5 Å². The van der Waals surface area contributed by atoms with E-state index in [1.807, 2.05) is 24.3 Å². The van der Waals surface area contributed by atoms with E-state index >= 15 is 0 Å². The van der Waals surface area contributed by atoms with Gasteiger partial charge in [-0.1, -0.05) is 18.1 Å². The van der Waals surface area contributed by atoms with E-state index in [2.05, 4.69) is 11.8 Å². The van der Waals surface area contributed by atoms with Crippen molar-refractivity contribution in [3.05, 3.63) is 29.8 Å². The summed E-state index contributed by atoms with van der Waals surface area (Å²) in [5.74, 6) is 5.42. The van der Waals surface area contributed by atoms with Crippen molar-refractivity contribution in [1.29, 1.82) is 0 Å². The van der Waals surface area contributed by atoms with Crippen LogP contribution in [0.2, 0.25) is 0 Å². The third-order valence-corrected chi connectivity index (χ3v) is 2.35. The van der Waals surface area contributed by atoms with Crippen molar-refractivity contribution in [1.82, 2.24) is 0 Å². The first kappa shape index (κ1) is 14.1. The minimum Gasteiger partial charge on any atom is -0.481 e. The van der Waals surface area contributed by atoms with Crippen molar-refractivity contribution in [2.24, 2.45) is 5.73 Å². The molecular formula is C14H17NO3. The first-order valence-electron chi connectivity index (χ1n) is 5.70. The van der Waals surface area contributed by atoms with Crippen molar-refractivity contribution < 1.29 is 14.6 Å². The zero-order chi connectivity index (χ0) is 13.4. The van der Waals surface area contributed by atoms with E-state index in [1.54, 1.807) is 6.92 Å². The molecule has 1 unspecified atom stereocenters. The molecule has 0 saturated carbocycles. The summed E-state index contributed by atoms with van der Waals surface area (Å²) in [6, 6.07) is 7.08. The maximum absolute atomic E-state index is 10.5. The Bertz CT molecular complexity index is 442. The summed E-state index contributed by atoms with van der Waals surface area (Å²) < 4.78 is 5.37. The Kier molecular flexibility index (Phi) is 5.75. The molecule has 0 radical (unpaired) electrons. The third kappa shape index (κ3) is 5.37. The predicted octanol–water partition coefficient (Wildman–Crippen LogP) is 1.43. The van der Waals surface area contributed by atoms with E-state index in [1.165, 1.54) is 0 Å². The summed E-state index contributed by atoms with van der Waals surface area (Å²) in [7, 11) is 0. The van der Waals surface area contributed by atoms with Gasteiger partial charge in [0, 0.05) is 6.04 Å². The van der Waals surface area contributed by atoms with Crippen LogP contribution in [0.25, 0.3) is 0 Å². The van der Waals surface area contributed by atoms with Crippen LogP contribution in [0.15, 0.2) is 24.3 Å². The fourth-order valence-electron chi connectivity index (χ4n) is 1.51. The summed E-state index contributed by atoms with van der Waals surface area (Å²) in [6.45, 7) is 2.13. The Morgan fingerprint density at radius 2 is 2.11 bits per heavy atom. The summed E-state index contributed by atoms with van der Waals surface area (Å²) in [4.78, 5) is 10.5. The van der Waals surface area contributed by atoms with Gasteiger partial charge >= 0.3 is 5.97 Å². The molecule has 0 aliphatic heterocycles.